The summed E-state index contributed by atoms with van der Waals surface area (Å²) in [6.07, 6.45) is -0.241. The van der Waals surface area contributed by atoms with Gasteiger partial charge < -0.3 is 9.52 Å². The van der Waals surface area contributed by atoms with Gasteiger partial charge in [0, 0.05) is 6.42 Å². The minimum atomic E-state index is -0.664. The Hall–Kier alpha value is -1.68. The maximum Gasteiger partial charge on any atom is 0.140 e. The maximum atomic E-state index is 13.5. The smallest absolute Gasteiger partial charge is 0.140 e. The highest BCUT2D eigenvalue weighted by atomic mass is 19.1. The molecular weight excluding hydrogens is 226 g/mol. The summed E-state index contributed by atoms with van der Waals surface area (Å²) in [7, 11) is 0. The van der Waals surface area contributed by atoms with Crippen molar-refractivity contribution in [3.05, 3.63) is 47.7 Å². The van der Waals surface area contributed by atoms with Crippen molar-refractivity contribution in [2.75, 3.05) is 0 Å². The van der Waals surface area contributed by atoms with Gasteiger partial charge in [-0.1, -0.05) is 6.07 Å². The van der Waals surface area contributed by atoms with Gasteiger partial charge in [0.1, 0.15) is 23.2 Å². The number of aliphatic hydroxyl groups is 1. The highest BCUT2D eigenvalue weighted by Gasteiger charge is 2.15. The molecule has 2 rings (SSSR count). The molecule has 0 aliphatic rings. The summed E-state index contributed by atoms with van der Waals surface area (Å²) in [6, 6.07) is 6.76. The normalized spacial score (nSPS) is 12.7. The molecule has 1 unspecified atom stereocenters. The van der Waals surface area contributed by atoms with Gasteiger partial charge in [-0.2, -0.15) is 0 Å². The zero-order valence-corrected chi connectivity index (χ0v) is 9.28. The van der Waals surface area contributed by atoms with Gasteiger partial charge in [-0.3, -0.25) is 0 Å². The minimum Gasteiger partial charge on any atom is -0.461 e. The number of rotatable bonds is 3. The maximum absolute atomic E-state index is 13.5. The first kappa shape index (κ1) is 11.8. The standard InChI is InChI=1S/C13H12F2O2/c1-8(16)7-9-5-6-12(17-9)13-10(14)3-2-4-11(13)15/h2-6,8,16H,7H2,1H3. The van der Waals surface area contributed by atoms with Gasteiger partial charge >= 0.3 is 0 Å². The molecule has 0 radical (unpaired) electrons. The molecule has 0 spiro atoms. The Labute approximate surface area is 97.5 Å². The van der Waals surface area contributed by atoms with Gasteiger partial charge in [0.15, 0.2) is 0 Å². The lowest BCUT2D eigenvalue weighted by Gasteiger charge is -2.02. The number of furan rings is 1. The van der Waals surface area contributed by atoms with Crippen molar-refractivity contribution in [3.63, 3.8) is 0 Å². The monoisotopic (exact) mass is 238 g/mol. The molecule has 0 bridgehead atoms. The molecule has 0 aliphatic carbocycles. The van der Waals surface area contributed by atoms with Crippen LogP contribution in [0.25, 0.3) is 11.3 Å². The van der Waals surface area contributed by atoms with Crippen LogP contribution in [-0.4, -0.2) is 11.2 Å². The molecule has 2 aromatic rings. The molecule has 1 aromatic carbocycles. The zero-order chi connectivity index (χ0) is 12.4. The van der Waals surface area contributed by atoms with Crippen LogP contribution in [0.5, 0.6) is 0 Å². The summed E-state index contributed by atoms with van der Waals surface area (Å²) < 4.78 is 32.2. The van der Waals surface area contributed by atoms with Crippen LogP contribution in [0.3, 0.4) is 0 Å². The average Bonchev–Trinajstić information content (AvgIpc) is 2.65. The van der Waals surface area contributed by atoms with Crippen LogP contribution in [0, 0.1) is 11.6 Å². The van der Waals surface area contributed by atoms with Crippen molar-refractivity contribution < 1.29 is 18.3 Å². The Morgan fingerprint density at radius 2 is 1.82 bits per heavy atom. The van der Waals surface area contributed by atoms with Gasteiger partial charge in [0.25, 0.3) is 0 Å². The molecule has 4 heteroatoms. The van der Waals surface area contributed by atoms with Crippen molar-refractivity contribution in [2.45, 2.75) is 19.4 Å². The van der Waals surface area contributed by atoms with Crippen LogP contribution in [0.2, 0.25) is 0 Å². The van der Waals surface area contributed by atoms with Gasteiger partial charge in [0.2, 0.25) is 0 Å². The average molecular weight is 238 g/mol. The molecule has 2 nitrogen and oxygen atoms in total. The fraction of sp³-hybridized carbons (Fsp3) is 0.231. The molecule has 1 heterocycles. The molecule has 90 valence electrons. The third-order valence-electron chi connectivity index (χ3n) is 2.37. The van der Waals surface area contributed by atoms with Crippen LogP contribution in [0.15, 0.2) is 34.7 Å². The van der Waals surface area contributed by atoms with Crippen molar-refractivity contribution in [2.24, 2.45) is 0 Å². The number of halogens is 2. The zero-order valence-electron chi connectivity index (χ0n) is 9.28. The molecular formula is C13H12F2O2. The van der Waals surface area contributed by atoms with Crippen molar-refractivity contribution >= 4 is 0 Å². The van der Waals surface area contributed by atoms with Gasteiger partial charge in [0.05, 0.1) is 11.7 Å². The largest absolute Gasteiger partial charge is 0.461 e. The molecule has 0 fully saturated rings. The van der Waals surface area contributed by atoms with E-state index in [-0.39, 0.29) is 11.3 Å². The van der Waals surface area contributed by atoms with Crippen LogP contribution < -0.4 is 0 Å². The van der Waals surface area contributed by atoms with Gasteiger partial charge in [-0.25, -0.2) is 8.78 Å². The summed E-state index contributed by atoms with van der Waals surface area (Å²) >= 11 is 0. The molecule has 0 saturated carbocycles. The number of aliphatic hydroxyl groups excluding tert-OH is 1. The second-order valence-corrected chi connectivity index (χ2v) is 3.92. The summed E-state index contributed by atoms with van der Waals surface area (Å²) in [6.45, 7) is 1.62. The molecule has 0 saturated heterocycles. The first-order chi connectivity index (χ1) is 8.08. The van der Waals surface area contributed by atoms with Crippen LogP contribution in [-0.2, 0) is 6.42 Å². The molecule has 0 aliphatic heterocycles. The first-order valence-electron chi connectivity index (χ1n) is 5.29. The highest BCUT2D eigenvalue weighted by Crippen LogP contribution is 2.28. The van der Waals surface area contributed by atoms with E-state index in [1.807, 2.05) is 0 Å². The third kappa shape index (κ3) is 2.53. The Bertz CT molecular complexity index is 498. The van der Waals surface area contributed by atoms with E-state index in [1.165, 1.54) is 24.3 Å². The first-order valence-corrected chi connectivity index (χ1v) is 5.29. The summed E-state index contributed by atoms with van der Waals surface area (Å²) in [5.41, 5.74) is -0.177. The van der Waals surface area contributed by atoms with Crippen molar-refractivity contribution in [1.29, 1.82) is 0 Å². The number of hydrogen-bond acceptors (Lipinski definition) is 2. The Morgan fingerprint density at radius 3 is 2.41 bits per heavy atom. The van der Waals surface area contributed by atoms with Crippen LogP contribution in [0.4, 0.5) is 8.78 Å². The second kappa shape index (κ2) is 4.67. The van der Waals surface area contributed by atoms with E-state index in [1.54, 1.807) is 13.0 Å². The van der Waals surface area contributed by atoms with Gasteiger partial charge in [-0.15, -0.1) is 0 Å². The van der Waals surface area contributed by atoms with E-state index in [0.717, 1.165) is 0 Å². The van der Waals surface area contributed by atoms with Gasteiger partial charge in [-0.05, 0) is 31.2 Å². The predicted octanol–water partition coefficient (Wildman–Crippen LogP) is 3.15. The Morgan fingerprint density at radius 1 is 1.18 bits per heavy atom. The fourth-order valence-electron chi connectivity index (χ4n) is 1.65. The Kier molecular flexibility index (Phi) is 3.24. The lowest BCUT2D eigenvalue weighted by atomic mass is 10.1. The topological polar surface area (TPSA) is 33.4 Å². The van der Waals surface area contributed by atoms with Crippen LogP contribution >= 0.6 is 0 Å². The second-order valence-electron chi connectivity index (χ2n) is 3.92. The summed E-state index contributed by atoms with van der Waals surface area (Å²) in [5, 5.41) is 9.19. The molecule has 1 aromatic heterocycles. The summed E-state index contributed by atoms with van der Waals surface area (Å²) in [4.78, 5) is 0. The van der Waals surface area contributed by atoms with E-state index in [9.17, 15) is 13.9 Å². The number of hydrogen-bond donors (Lipinski definition) is 1. The number of benzene rings is 1. The fourth-order valence-corrected chi connectivity index (χ4v) is 1.65. The van der Waals surface area contributed by atoms with E-state index >= 15 is 0 Å². The van der Waals surface area contributed by atoms with Crippen molar-refractivity contribution in [1.82, 2.24) is 0 Å². The third-order valence-corrected chi connectivity index (χ3v) is 2.37. The Balaban J connectivity index is 2.37. The van der Waals surface area contributed by atoms with Crippen LogP contribution in [0.1, 0.15) is 12.7 Å². The molecule has 1 atom stereocenters. The van der Waals surface area contributed by atoms with E-state index in [4.69, 9.17) is 4.42 Å². The van der Waals surface area contributed by atoms with E-state index in [2.05, 4.69) is 0 Å². The lowest BCUT2D eigenvalue weighted by Crippen LogP contribution is -2.02. The van der Waals surface area contributed by atoms with E-state index in [0.29, 0.717) is 12.2 Å². The molecule has 17 heavy (non-hydrogen) atoms. The minimum absolute atomic E-state index is 0.135. The lowest BCUT2D eigenvalue weighted by molar-refractivity contribution is 0.187. The highest BCUT2D eigenvalue weighted by molar-refractivity contribution is 5.59. The molecule has 1 N–H and O–H groups in total. The summed E-state index contributed by atoms with van der Waals surface area (Å²) in [5.74, 6) is -0.695. The predicted molar refractivity (Wildman–Crippen MR) is 59.4 cm³/mol. The quantitative estimate of drug-likeness (QED) is 0.891. The van der Waals surface area contributed by atoms with Crippen molar-refractivity contribution in [3.8, 4) is 11.3 Å². The molecule has 0 amide bonds. The van der Waals surface area contributed by atoms with E-state index < -0.39 is 17.7 Å². The SMILES string of the molecule is CC(O)Cc1ccc(-c2c(F)cccc2F)o1.